The van der Waals surface area contributed by atoms with E-state index in [0.717, 1.165) is 12.8 Å². The first-order valence-corrected chi connectivity index (χ1v) is 10.4. The molecule has 0 aromatic heterocycles. The van der Waals surface area contributed by atoms with Gasteiger partial charge in [-0.1, -0.05) is 26.3 Å². The highest BCUT2D eigenvalue weighted by Gasteiger charge is 2.80. The quantitative estimate of drug-likeness (QED) is 0.549. The topological polar surface area (TPSA) is 107 Å². The molecule has 3 aliphatic rings. The Balaban J connectivity index is 2.07. The van der Waals surface area contributed by atoms with Crippen molar-refractivity contribution >= 4 is 17.8 Å². The van der Waals surface area contributed by atoms with Crippen molar-refractivity contribution in [2.45, 2.75) is 57.3 Å². The molecule has 0 aromatic rings. The SMILES string of the molecule is C=CCN(CCCC)C(=O)C1N(CCO)C(=O)[C@@H]2[C@H](C(=O)O)[C@@]3(C)OC12CC3C. The van der Waals surface area contributed by atoms with Crippen LogP contribution in [0.4, 0.5) is 0 Å². The van der Waals surface area contributed by atoms with Gasteiger partial charge in [0, 0.05) is 19.6 Å². The molecule has 3 saturated heterocycles. The molecule has 2 N–H and O–H groups in total. The summed E-state index contributed by atoms with van der Waals surface area (Å²) in [5.74, 6) is -3.79. The van der Waals surface area contributed by atoms with Gasteiger partial charge in [-0.25, -0.2) is 0 Å². The summed E-state index contributed by atoms with van der Waals surface area (Å²) in [6.07, 6.45) is 3.80. The third-order valence-corrected chi connectivity index (χ3v) is 7.10. The van der Waals surface area contributed by atoms with Gasteiger partial charge in [-0.2, -0.15) is 0 Å². The molecule has 0 aliphatic carbocycles. The van der Waals surface area contributed by atoms with Crippen LogP contribution in [-0.2, 0) is 19.1 Å². The zero-order valence-electron chi connectivity index (χ0n) is 17.5. The van der Waals surface area contributed by atoms with Crippen LogP contribution in [0.5, 0.6) is 0 Å². The first-order valence-electron chi connectivity index (χ1n) is 10.4. The third-order valence-electron chi connectivity index (χ3n) is 7.10. The minimum atomic E-state index is -1.17. The van der Waals surface area contributed by atoms with Crippen LogP contribution in [-0.4, -0.2) is 81.3 Å². The lowest BCUT2D eigenvalue weighted by atomic mass is 9.62. The molecule has 0 saturated carbocycles. The lowest BCUT2D eigenvalue weighted by Gasteiger charge is -2.37. The number of carboxylic acids is 1. The molecule has 2 bridgehead atoms. The van der Waals surface area contributed by atoms with Crippen molar-refractivity contribution < 1.29 is 29.3 Å². The minimum Gasteiger partial charge on any atom is -0.481 e. The molecule has 3 aliphatic heterocycles. The number of carbonyl (C=O) groups is 3. The molecule has 2 amide bonds. The Bertz CT molecular complexity index is 711. The summed E-state index contributed by atoms with van der Waals surface area (Å²) in [5.41, 5.74) is -2.17. The molecule has 6 atom stereocenters. The maximum atomic E-state index is 13.7. The van der Waals surface area contributed by atoms with E-state index < -0.39 is 41.0 Å². The Hall–Kier alpha value is -1.93. The van der Waals surface area contributed by atoms with E-state index in [1.54, 1.807) is 17.9 Å². The highest BCUT2D eigenvalue weighted by atomic mass is 16.5. The molecule has 162 valence electrons. The standard InChI is InChI=1S/C21H32N2O6/c1-5-7-9-22(8-6-2)18(26)16-21-12-13(3)20(4,29-21)15(19(27)28)14(21)17(25)23(16)10-11-24/h6,13-16,24H,2,5,7-12H2,1,3-4H3,(H,27,28)/t13?,14-,15+,16?,20-,21?/m0/s1. The summed E-state index contributed by atoms with van der Waals surface area (Å²) in [6.45, 7) is 9.96. The zero-order valence-corrected chi connectivity index (χ0v) is 17.5. The first kappa shape index (κ1) is 21.8. The summed E-state index contributed by atoms with van der Waals surface area (Å²) in [4.78, 5) is 42.1. The van der Waals surface area contributed by atoms with Gasteiger partial charge < -0.3 is 24.7 Å². The number of likely N-dealkylation sites (tertiary alicyclic amines) is 1. The van der Waals surface area contributed by atoms with E-state index in [-0.39, 0.29) is 25.0 Å². The van der Waals surface area contributed by atoms with Crippen LogP contribution in [0.3, 0.4) is 0 Å². The second-order valence-electron chi connectivity index (χ2n) is 8.72. The van der Waals surface area contributed by atoms with Gasteiger partial charge in [-0.3, -0.25) is 14.4 Å². The molecule has 3 fully saturated rings. The molecule has 0 radical (unpaired) electrons. The van der Waals surface area contributed by atoms with E-state index in [1.807, 2.05) is 13.8 Å². The molecule has 3 heterocycles. The second kappa shape index (κ2) is 7.72. The largest absolute Gasteiger partial charge is 0.481 e. The number of aliphatic hydroxyl groups excluding tert-OH is 1. The number of nitrogens with zero attached hydrogens (tertiary/aromatic N) is 2. The summed E-state index contributed by atoms with van der Waals surface area (Å²) in [5, 5.41) is 19.5. The molecule has 3 unspecified atom stereocenters. The first-order chi connectivity index (χ1) is 13.7. The number of rotatable bonds is 9. The third kappa shape index (κ3) is 2.99. The molecule has 8 heteroatoms. The van der Waals surface area contributed by atoms with Crippen LogP contribution in [0, 0.1) is 17.8 Å². The predicted octanol–water partition coefficient (Wildman–Crippen LogP) is 0.889. The molecular formula is C21H32N2O6. The van der Waals surface area contributed by atoms with Gasteiger partial charge in [0.2, 0.25) is 11.8 Å². The van der Waals surface area contributed by atoms with Gasteiger partial charge in [0.15, 0.2) is 0 Å². The van der Waals surface area contributed by atoms with Gasteiger partial charge in [-0.05, 0) is 25.7 Å². The highest BCUT2D eigenvalue weighted by Crippen LogP contribution is 2.65. The molecule has 29 heavy (non-hydrogen) atoms. The lowest BCUT2D eigenvalue weighted by molar-refractivity contribution is -0.158. The van der Waals surface area contributed by atoms with Crippen LogP contribution in [0.1, 0.15) is 40.0 Å². The predicted molar refractivity (Wildman–Crippen MR) is 105 cm³/mol. The number of β-amino-alcohol motifs (C(OH)–C–C–N with tert-alkyl or cyclic N) is 1. The number of hydrogen-bond donors (Lipinski definition) is 2. The number of ether oxygens (including phenoxy) is 1. The fraction of sp³-hybridized carbons (Fsp3) is 0.762. The monoisotopic (exact) mass is 408 g/mol. The number of unbranched alkanes of at least 4 members (excludes halogenated alkanes) is 1. The lowest BCUT2D eigenvalue weighted by Crippen LogP contribution is -2.57. The fourth-order valence-corrected chi connectivity index (χ4v) is 5.71. The Morgan fingerprint density at radius 1 is 1.45 bits per heavy atom. The van der Waals surface area contributed by atoms with Crippen molar-refractivity contribution in [1.82, 2.24) is 9.80 Å². The van der Waals surface area contributed by atoms with Crippen molar-refractivity contribution in [2.24, 2.45) is 17.8 Å². The van der Waals surface area contributed by atoms with Crippen molar-refractivity contribution in [2.75, 3.05) is 26.2 Å². The van der Waals surface area contributed by atoms with Crippen molar-refractivity contribution in [3.63, 3.8) is 0 Å². The summed E-state index contributed by atoms with van der Waals surface area (Å²) >= 11 is 0. The van der Waals surface area contributed by atoms with Crippen LogP contribution >= 0.6 is 0 Å². The van der Waals surface area contributed by atoms with Gasteiger partial charge in [0.25, 0.3) is 0 Å². The van der Waals surface area contributed by atoms with Gasteiger partial charge in [0.05, 0.1) is 18.1 Å². The number of carbonyl (C=O) groups excluding carboxylic acids is 2. The number of aliphatic hydroxyl groups is 1. The van der Waals surface area contributed by atoms with Crippen molar-refractivity contribution in [3.05, 3.63) is 12.7 Å². The Labute approximate surface area is 171 Å². The number of carboxylic acid groups (broad SMARTS) is 1. The van der Waals surface area contributed by atoms with Crippen LogP contribution < -0.4 is 0 Å². The number of fused-ring (bicyclic) bond motifs is 1. The highest BCUT2D eigenvalue weighted by molar-refractivity contribution is 5.98. The van der Waals surface area contributed by atoms with E-state index in [1.165, 1.54) is 4.90 Å². The number of amides is 2. The van der Waals surface area contributed by atoms with Gasteiger partial charge >= 0.3 is 5.97 Å². The average Bonchev–Trinajstić information content (AvgIpc) is 3.16. The van der Waals surface area contributed by atoms with Crippen LogP contribution in [0.2, 0.25) is 0 Å². The summed E-state index contributed by atoms with van der Waals surface area (Å²) in [6, 6.07) is -0.933. The van der Waals surface area contributed by atoms with Crippen LogP contribution in [0.15, 0.2) is 12.7 Å². The maximum absolute atomic E-state index is 13.7. The average molecular weight is 408 g/mol. The Morgan fingerprint density at radius 2 is 2.14 bits per heavy atom. The number of hydrogen-bond acceptors (Lipinski definition) is 5. The molecule has 3 rings (SSSR count). The van der Waals surface area contributed by atoms with Crippen molar-refractivity contribution in [1.29, 1.82) is 0 Å². The van der Waals surface area contributed by atoms with Crippen LogP contribution in [0.25, 0.3) is 0 Å². The Kier molecular flexibility index (Phi) is 5.80. The van der Waals surface area contributed by atoms with E-state index in [4.69, 9.17) is 4.74 Å². The second-order valence-corrected chi connectivity index (χ2v) is 8.72. The summed E-state index contributed by atoms with van der Waals surface area (Å²) < 4.78 is 6.37. The maximum Gasteiger partial charge on any atom is 0.310 e. The fourth-order valence-electron chi connectivity index (χ4n) is 5.71. The van der Waals surface area contributed by atoms with E-state index >= 15 is 0 Å². The van der Waals surface area contributed by atoms with Gasteiger partial charge in [-0.15, -0.1) is 6.58 Å². The molecule has 8 nitrogen and oxygen atoms in total. The number of aliphatic carboxylic acids is 1. The van der Waals surface area contributed by atoms with Crippen molar-refractivity contribution in [3.8, 4) is 0 Å². The minimum absolute atomic E-state index is 0.0238. The normalized spacial score (nSPS) is 37.7. The van der Waals surface area contributed by atoms with E-state index in [0.29, 0.717) is 19.5 Å². The van der Waals surface area contributed by atoms with E-state index in [2.05, 4.69) is 6.58 Å². The molecular weight excluding hydrogens is 376 g/mol. The summed E-state index contributed by atoms with van der Waals surface area (Å²) in [7, 11) is 0. The van der Waals surface area contributed by atoms with E-state index in [9.17, 15) is 24.6 Å². The smallest absolute Gasteiger partial charge is 0.310 e. The molecule has 1 spiro atoms. The molecule has 0 aromatic carbocycles. The zero-order chi connectivity index (χ0) is 21.6. The Morgan fingerprint density at radius 3 is 2.69 bits per heavy atom. The van der Waals surface area contributed by atoms with Gasteiger partial charge in [0.1, 0.15) is 17.6 Å².